The summed E-state index contributed by atoms with van der Waals surface area (Å²) in [5, 5.41) is 13.0. The summed E-state index contributed by atoms with van der Waals surface area (Å²) in [6.07, 6.45) is 3.89. The quantitative estimate of drug-likeness (QED) is 0.0893. The fourth-order valence-corrected chi connectivity index (χ4v) is 6.50. The molecule has 0 amide bonds. The number of rotatable bonds is 10. The van der Waals surface area contributed by atoms with E-state index in [0.29, 0.717) is 36.4 Å². The van der Waals surface area contributed by atoms with Crippen molar-refractivity contribution >= 4 is 17.2 Å². The molecule has 1 aliphatic carbocycles. The van der Waals surface area contributed by atoms with E-state index in [0.717, 1.165) is 28.5 Å². The van der Waals surface area contributed by atoms with Crippen LogP contribution < -0.4 is 15.2 Å². The molecule has 2 unspecified atom stereocenters. The summed E-state index contributed by atoms with van der Waals surface area (Å²) in [6.45, 7) is 7.79. The standard InChI is InChI=1S/C33H37N3O3S/c1-21(2)33-35-30(31(40-33)29-6-4-5-22(29)3)25-11-15-27(16-12-25)38-19-23-7-9-24(10-8-23)20-39-28-17-13-26(14-18-28)32(34)36-37/h7-18,21-22,29,37H,4-6,19-20H2,1-3H3,(H2,34,36). The van der Waals surface area contributed by atoms with E-state index in [1.54, 1.807) is 24.3 Å². The van der Waals surface area contributed by atoms with Gasteiger partial charge in [-0.3, -0.25) is 0 Å². The maximum Gasteiger partial charge on any atom is 0.170 e. The van der Waals surface area contributed by atoms with E-state index in [9.17, 15) is 0 Å². The number of amidine groups is 1. The van der Waals surface area contributed by atoms with Crippen molar-refractivity contribution in [2.75, 3.05) is 0 Å². The van der Waals surface area contributed by atoms with Crippen molar-refractivity contribution in [3.05, 3.63) is 99.4 Å². The second kappa shape index (κ2) is 12.6. The molecule has 208 valence electrons. The molecule has 0 spiro atoms. The first-order valence-corrected chi connectivity index (χ1v) is 14.8. The molecule has 2 atom stereocenters. The van der Waals surface area contributed by atoms with Gasteiger partial charge in [-0.1, -0.05) is 63.0 Å². The first-order chi connectivity index (χ1) is 19.4. The molecule has 3 aromatic carbocycles. The van der Waals surface area contributed by atoms with Crippen molar-refractivity contribution in [3.8, 4) is 22.8 Å². The lowest BCUT2D eigenvalue weighted by Crippen LogP contribution is -2.12. The van der Waals surface area contributed by atoms with Crippen LogP contribution in [0.2, 0.25) is 0 Å². The molecule has 0 bridgehead atoms. The topological polar surface area (TPSA) is 90.0 Å². The van der Waals surface area contributed by atoms with Crippen LogP contribution in [0.15, 0.2) is 78.0 Å². The molecular weight excluding hydrogens is 518 g/mol. The number of nitrogens with two attached hydrogens (primary N) is 1. The van der Waals surface area contributed by atoms with Crippen LogP contribution in [0.1, 0.15) is 78.4 Å². The Morgan fingerprint density at radius 2 is 1.50 bits per heavy atom. The first kappa shape index (κ1) is 27.7. The molecule has 3 N–H and O–H groups in total. The van der Waals surface area contributed by atoms with Crippen LogP contribution in [-0.2, 0) is 13.2 Å². The van der Waals surface area contributed by atoms with Crippen molar-refractivity contribution < 1.29 is 14.7 Å². The van der Waals surface area contributed by atoms with Gasteiger partial charge in [-0.2, -0.15) is 0 Å². The Morgan fingerprint density at radius 1 is 0.925 bits per heavy atom. The molecule has 7 heteroatoms. The van der Waals surface area contributed by atoms with E-state index in [-0.39, 0.29) is 5.84 Å². The maximum atomic E-state index is 8.78. The molecule has 0 radical (unpaired) electrons. The average molecular weight is 556 g/mol. The van der Waals surface area contributed by atoms with E-state index in [1.165, 1.54) is 34.7 Å². The number of hydrogen-bond donors (Lipinski definition) is 2. The highest BCUT2D eigenvalue weighted by atomic mass is 32.1. The van der Waals surface area contributed by atoms with Crippen LogP contribution in [0.25, 0.3) is 11.3 Å². The highest BCUT2D eigenvalue weighted by Crippen LogP contribution is 2.46. The van der Waals surface area contributed by atoms with E-state index in [2.05, 4.69) is 62.3 Å². The number of benzene rings is 3. The van der Waals surface area contributed by atoms with Crippen LogP contribution in [0, 0.1) is 5.92 Å². The maximum absolute atomic E-state index is 8.78. The molecule has 6 nitrogen and oxygen atoms in total. The summed E-state index contributed by atoms with van der Waals surface area (Å²) >= 11 is 1.91. The molecule has 5 rings (SSSR count). The molecule has 1 aliphatic rings. The van der Waals surface area contributed by atoms with Crippen molar-refractivity contribution in [2.45, 2.75) is 65.1 Å². The van der Waals surface area contributed by atoms with Gasteiger partial charge >= 0.3 is 0 Å². The Labute approximate surface area is 240 Å². The van der Waals surface area contributed by atoms with Crippen LogP contribution in [0.4, 0.5) is 0 Å². The Balaban J connectivity index is 1.17. The number of hydrogen-bond acceptors (Lipinski definition) is 6. The Hall–Kier alpha value is -3.84. The highest BCUT2D eigenvalue weighted by Gasteiger charge is 2.30. The zero-order valence-electron chi connectivity index (χ0n) is 23.3. The van der Waals surface area contributed by atoms with Gasteiger partial charge in [0.05, 0.1) is 10.7 Å². The lowest BCUT2D eigenvalue weighted by Gasteiger charge is -2.15. The van der Waals surface area contributed by atoms with Crippen molar-refractivity contribution in [2.24, 2.45) is 16.8 Å². The fourth-order valence-electron chi connectivity index (χ4n) is 5.14. The molecule has 1 fully saturated rings. The second-order valence-electron chi connectivity index (χ2n) is 10.9. The number of oxime groups is 1. The van der Waals surface area contributed by atoms with Gasteiger partial charge in [-0.05, 0) is 77.9 Å². The number of nitrogens with zero attached hydrogens (tertiary/aromatic N) is 2. The predicted molar refractivity (Wildman–Crippen MR) is 161 cm³/mol. The lowest BCUT2D eigenvalue weighted by molar-refractivity contribution is 0.302. The molecule has 1 saturated carbocycles. The lowest BCUT2D eigenvalue weighted by atomic mass is 9.93. The molecule has 0 aliphatic heterocycles. The highest BCUT2D eigenvalue weighted by molar-refractivity contribution is 7.12. The van der Waals surface area contributed by atoms with E-state index in [1.807, 2.05) is 23.5 Å². The summed E-state index contributed by atoms with van der Waals surface area (Å²) in [5.74, 6) is 3.42. The molecular formula is C33H37N3O3S. The Morgan fingerprint density at radius 3 is 2.00 bits per heavy atom. The summed E-state index contributed by atoms with van der Waals surface area (Å²) in [6, 6.07) is 23.7. The molecule has 4 aromatic rings. The normalized spacial score (nSPS) is 17.4. The summed E-state index contributed by atoms with van der Waals surface area (Å²) < 4.78 is 12.0. The molecule has 1 aromatic heterocycles. The number of thiazole rings is 1. The van der Waals surface area contributed by atoms with Crippen LogP contribution in [0.5, 0.6) is 11.5 Å². The zero-order chi connectivity index (χ0) is 28.1. The SMILES string of the molecule is CC(C)c1nc(-c2ccc(OCc3ccc(COc4ccc(C(N)=NO)cc4)cc3)cc2)c(C2CCCC2C)s1. The smallest absolute Gasteiger partial charge is 0.170 e. The second-order valence-corrected chi connectivity index (χ2v) is 11.9. The molecule has 40 heavy (non-hydrogen) atoms. The van der Waals surface area contributed by atoms with Crippen LogP contribution in [-0.4, -0.2) is 16.0 Å². The van der Waals surface area contributed by atoms with E-state index in [4.69, 9.17) is 25.4 Å². The van der Waals surface area contributed by atoms with Crippen molar-refractivity contribution in [3.63, 3.8) is 0 Å². The van der Waals surface area contributed by atoms with E-state index < -0.39 is 0 Å². The van der Waals surface area contributed by atoms with E-state index >= 15 is 0 Å². The minimum atomic E-state index is 0.0723. The van der Waals surface area contributed by atoms with Crippen LogP contribution >= 0.6 is 11.3 Å². The number of ether oxygens (including phenoxy) is 2. The minimum absolute atomic E-state index is 0.0723. The third kappa shape index (κ3) is 6.48. The first-order valence-electron chi connectivity index (χ1n) is 13.9. The van der Waals surface area contributed by atoms with Gasteiger partial charge in [0.25, 0.3) is 0 Å². The largest absolute Gasteiger partial charge is 0.489 e. The summed E-state index contributed by atoms with van der Waals surface area (Å²) in [4.78, 5) is 6.55. The summed E-state index contributed by atoms with van der Waals surface area (Å²) in [5.41, 5.74) is 10.7. The van der Waals surface area contributed by atoms with Gasteiger partial charge in [-0.15, -0.1) is 11.3 Å². The van der Waals surface area contributed by atoms with Crippen molar-refractivity contribution in [1.29, 1.82) is 0 Å². The van der Waals surface area contributed by atoms with Gasteiger partial charge in [-0.25, -0.2) is 4.98 Å². The third-order valence-corrected chi connectivity index (χ3v) is 9.07. The Kier molecular flexibility index (Phi) is 8.70. The minimum Gasteiger partial charge on any atom is -0.489 e. The van der Waals surface area contributed by atoms with Crippen LogP contribution in [0.3, 0.4) is 0 Å². The average Bonchev–Trinajstić information content (AvgIpc) is 3.62. The van der Waals surface area contributed by atoms with Gasteiger partial charge in [0.15, 0.2) is 5.84 Å². The number of aromatic nitrogens is 1. The Bertz CT molecular complexity index is 1430. The predicted octanol–water partition coefficient (Wildman–Crippen LogP) is 8.09. The van der Waals surface area contributed by atoms with Gasteiger partial charge in [0.1, 0.15) is 24.7 Å². The fraction of sp³-hybridized carbons (Fsp3) is 0.333. The van der Waals surface area contributed by atoms with Gasteiger partial charge < -0.3 is 20.4 Å². The molecule has 0 saturated heterocycles. The van der Waals surface area contributed by atoms with Gasteiger partial charge in [0, 0.05) is 21.9 Å². The zero-order valence-corrected chi connectivity index (χ0v) is 24.2. The summed E-state index contributed by atoms with van der Waals surface area (Å²) in [7, 11) is 0. The molecule has 1 heterocycles. The monoisotopic (exact) mass is 555 g/mol. The van der Waals surface area contributed by atoms with Crippen molar-refractivity contribution in [1.82, 2.24) is 4.98 Å². The van der Waals surface area contributed by atoms with Gasteiger partial charge in [0.2, 0.25) is 0 Å². The third-order valence-electron chi connectivity index (χ3n) is 7.58.